The second-order valence-corrected chi connectivity index (χ2v) is 3.21. The van der Waals surface area contributed by atoms with Crippen molar-refractivity contribution in [2.45, 2.75) is 60.8 Å². The van der Waals surface area contributed by atoms with Crippen molar-refractivity contribution in [3.8, 4) is 0 Å². The Hall–Kier alpha value is -0.460. The van der Waals surface area contributed by atoms with Crippen LogP contribution in [0.2, 0.25) is 0 Å². The number of hydrogen-bond donors (Lipinski definition) is 0. The van der Waals surface area contributed by atoms with E-state index in [9.17, 15) is 0 Å². The Morgan fingerprint density at radius 2 is 1.79 bits per heavy atom. The second kappa shape index (κ2) is 12.5. The van der Waals surface area contributed by atoms with Crippen molar-refractivity contribution >= 4 is 0 Å². The maximum atomic E-state index is 5.45. The number of allylic oxidation sites excluding steroid dienone is 2. The van der Waals surface area contributed by atoms with Crippen molar-refractivity contribution in [1.82, 2.24) is 0 Å². The van der Waals surface area contributed by atoms with Gasteiger partial charge < -0.3 is 4.74 Å². The number of rotatable bonds is 6. The zero-order valence-corrected chi connectivity index (χ0v) is 10.9. The van der Waals surface area contributed by atoms with Crippen molar-refractivity contribution in [3.05, 3.63) is 11.8 Å². The normalized spacial score (nSPS) is 12.9. The van der Waals surface area contributed by atoms with Crippen LogP contribution in [0, 0.1) is 5.92 Å². The van der Waals surface area contributed by atoms with Gasteiger partial charge in [0, 0.05) is 6.42 Å². The lowest BCUT2D eigenvalue weighted by Gasteiger charge is -2.08. The summed E-state index contributed by atoms with van der Waals surface area (Å²) in [6, 6.07) is 0. The Morgan fingerprint density at radius 3 is 2.14 bits per heavy atom. The summed E-state index contributed by atoms with van der Waals surface area (Å²) in [5.41, 5.74) is 0. The molecular weight excluding hydrogens is 172 g/mol. The van der Waals surface area contributed by atoms with Gasteiger partial charge in [0.15, 0.2) is 0 Å². The fourth-order valence-electron chi connectivity index (χ4n) is 0.990. The fourth-order valence-corrected chi connectivity index (χ4v) is 0.990. The molecule has 1 unspecified atom stereocenters. The molecule has 0 rings (SSSR count). The highest BCUT2D eigenvalue weighted by atomic mass is 16.5. The molecule has 0 saturated carbocycles. The minimum absolute atomic E-state index is 0.784. The third-order valence-electron chi connectivity index (χ3n) is 2.12. The minimum atomic E-state index is 0.784. The molecule has 0 aromatic carbocycles. The Morgan fingerprint density at radius 1 is 1.21 bits per heavy atom. The quantitative estimate of drug-likeness (QED) is 0.561. The Balaban J connectivity index is 0. The standard InChI is InChI=1S/C11H22O.C2H6/c1-5-10(4)8-9-11(6-2)12-7-3;1-2/h9-10H,5-8H2,1-4H3;1-2H3/b11-9-;. The summed E-state index contributed by atoms with van der Waals surface area (Å²) >= 11 is 0. The molecule has 0 bridgehead atoms. The van der Waals surface area contributed by atoms with Gasteiger partial charge in [-0.1, -0.05) is 41.0 Å². The molecular formula is C13H28O. The average molecular weight is 200 g/mol. The summed E-state index contributed by atoms with van der Waals surface area (Å²) in [5, 5.41) is 0. The van der Waals surface area contributed by atoms with Crippen LogP contribution in [0.4, 0.5) is 0 Å². The molecule has 0 aromatic rings. The highest BCUT2D eigenvalue weighted by Gasteiger charge is 1.97. The molecule has 0 aliphatic heterocycles. The van der Waals surface area contributed by atoms with Crippen molar-refractivity contribution < 1.29 is 4.74 Å². The molecule has 1 nitrogen and oxygen atoms in total. The first kappa shape index (κ1) is 16.0. The van der Waals surface area contributed by atoms with Gasteiger partial charge in [-0.3, -0.25) is 0 Å². The van der Waals surface area contributed by atoms with Gasteiger partial charge in [0.2, 0.25) is 0 Å². The zero-order chi connectivity index (χ0) is 11.4. The summed E-state index contributed by atoms with van der Waals surface area (Å²) in [7, 11) is 0. The third-order valence-corrected chi connectivity index (χ3v) is 2.12. The molecule has 14 heavy (non-hydrogen) atoms. The molecule has 0 saturated heterocycles. The van der Waals surface area contributed by atoms with Gasteiger partial charge in [0.25, 0.3) is 0 Å². The van der Waals surface area contributed by atoms with E-state index in [-0.39, 0.29) is 0 Å². The average Bonchev–Trinajstić information content (AvgIpc) is 2.26. The molecule has 0 aliphatic rings. The summed E-state index contributed by atoms with van der Waals surface area (Å²) in [4.78, 5) is 0. The molecule has 0 aromatic heterocycles. The first-order valence-electron chi connectivity index (χ1n) is 6.06. The fraction of sp³-hybridized carbons (Fsp3) is 0.846. The molecule has 1 atom stereocenters. The molecule has 0 spiro atoms. The second-order valence-electron chi connectivity index (χ2n) is 3.21. The van der Waals surface area contributed by atoms with E-state index in [0.717, 1.165) is 31.1 Å². The molecule has 0 radical (unpaired) electrons. The molecule has 0 amide bonds. The number of hydrogen-bond acceptors (Lipinski definition) is 1. The Labute approximate surface area is 90.5 Å². The number of ether oxygens (including phenoxy) is 1. The van der Waals surface area contributed by atoms with Crippen LogP contribution >= 0.6 is 0 Å². The van der Waals surface area contributed by atoms with Gasteiger partial charge in [-0.25, -0.2) is 0 Å². The summed E-state index contributed by atoms with van der Waals surface area (Å²) in [5.74, 6) is 1.94. The van der Waals surface area contributed by atoms with Crippen LogP contribution < -0.4 is 0 Å². The van der Waals surface area contributed by atoms with Crippen molar-refractivity contribution in [2.24, 2.45) is 5.92 Å². The van der Waals surface area contributed by atoms with E-state index in [2.05, 4.69) is 26.8 Å². The van der Waals surface area contributed by atoms with E-state index < -0.39 is 0 Å². The smallest absolute Gasteiger partial charge is 0.0917 e. The lowest BCUT2D eigenvalue weighted by atomic mass is 10.0. The topological polar surface area (TPSA) is 9.23 Å². The van der Waals surface area contributed by atoms with Gasteiger partial charge in [0.05, 0.1) is 12.4 Å². The largest absolute Gasteiger partial charge is 0.499 e. The van der Waals surface area contributed by atoms with E-state index in [4.69, 9.17) is 4.74 Å². The monoisotopic (exact) mass is 200 g/mol. The summed E-state index contributed by atoms with van der Waals surface area (Å²) < 4.78 is 5.45. The first-order valence-corrected chi connectivity index (χ1v) is 6.06. The maximum Gasteiger partial charge on any atom is 0.0917 e. The van der Waals surface area contributed by atoms with Crippen LogP contribution in [0.15, 0.2) is 11.8 Å². The van der Waals surface area contributed by atoms with Gasteiger partial charge in [-0.15, -0.1) is 0 Å². The van der Waals surface area contributed by atoms with E-state index in [0.29, 0.717) is 0 Å². The van der Waals surface area contributed by atoms with Gasteiger partial charge in [-0.05, 0) is 25.3 Å². The van der Waals surface area contributed by atoms with Gasteiger partial charge in [-0.2, -0.15) is 0 Å². The maximum absolute atomic E-state index is 5.45. The molecule has 0 N–H and O–H groups in total. The molecule has 0 aliphatic carbocycles. The van der Waals surface area contributed by atoms with E-state index in [1.807, 2.05) is 20.8 Å². The molecule has 1 heteroatoms. The van der Waals surface area contributed by atoms with E-state index in [1.165, 1.54) is 6.42 Å². The molecule has 0 heterocycles. The van der Waals surface area contributed by atoms with Crippen molar-refractivity contribution in [2.75, 3.05) is 6.61 Å². The van der Waals surface area contributed by atoms with Crippen LogP contribution in [0.1, 0.15) is 60.8 Å². The predicted molar refractivity (Wildman–Crippen MR) is 65.4 cm³/mol. The highest BCUT2D eigenvalue weighted by Crippen LogP contribution is 2.11. The third kappa shape index (κ3) is 9.63. The van der Waals surface area contributed by atoms with E-state index >= 15 is 0 Å². The van der Waals surface area contributed by atoms with Crippen LogP contribution in [0.25, 0.3) is 0 Å². The SMILES string of the molecule is CC.CCO/C(=C\CC(C)CC)CC. The molecule has 0 fully saturated rings. The van der Waals surface area contributed by atoms with Crippen molar-refractivity contribution in [1.29, 1.82) is 0 Å². The van der Waals surface area contributed by atoms with Crippen molar-refractivity contribution in [3.63, 3.8) is 0 Å². The highest BCUT2D eigenvalue weighted by molar-refractivity contribution is 4.92. The van der Waals surface area contributed by atoms with Gasteiger partial charge in [0.1, 0.15) is 0 Å². The van der Waals surface area contributed by atoms with E-state index in [1.54, 1.807) is 0 Å². The first-order chi connectivity index (χ1) is 6.74. The van der Waals surface area contributed by atoms with Crippen LogP contribution in [-0.4, -0.2) is 6.61 Å². The Kier molecular flexibility index (Phi) is 14.3. The van der Waals surface area contributed by atoms with Crippen LogP contribution in [0.3, 0.4) is 0 Å². The minimum Gasteiger partial charge on any atom is -0.499 e. The zero-order valence-electron chi connectivity index (χ0n) is 10.9. The van der Waals surface area contributed by atoms with Crippen LogP contribution in [0.5, 0.6) is 0 Å². The lowest BCUT2D eigenvalue weighted by molar-refractivity contribution is 0.219. The van der Waals surface area contributed by atoms with Gasteiger partial charge >= 0.3 is 0 Å². The summed E-state index contributed by atoms with van der Waals surface area (Å²) in [6.45, 7) is 13.5. The summed E-state index contributed by atoms with van der Waals surface area (Å²) in [6.07, 6.45) is 5.65. The lowest BCUT2D eigenvalue weighted by Crippen LogP contribution is -1.93. The molecule has 86 valence electrons. The Bertz CT molecular complexity index is 127. The predicted octanol–water partition coefficient (Wildman–Crippen LogP) is 4.78. The van der Waals surface area contributed by atoms with Crippen LogP contribution in [-0.2, 0) is 4.74 Å².